The number of rotatable bonds is 10. The molecule has 0 amide bonds. The molecule has 0 saturated heterocycles. The lowest BCUT2D eigenvalue weighted by Gasteiger charge is -2.30. The molecule has 0 aliphatic rings. The minimum atomic E-state index is -1.28. The number of ether oxygens (including phenoxy) is 1. The highest BCUT2D eigenvalue weighted by Gasteiger charge is 2.33. The minimum Gasteiger partial charge on any atom is -0.492 e. The molecular formula is C32H35NO2. The second kappa shape index (κ2) is 11.4. The lowest BCUT2D eigenvalue weighted by atomic mass is 9.80. The fourth-order valence-corrected chi connectivity index (χ4v) is 4.45. The van der Waals surface area contributed by atoms with Gasteiger partial charge in [-0.15, -0.1) is 0 Å². The van der Waals surface area contributed by atoms with Crippen LogP contribution >= 0.6 is 0 Å². The number of likely N-dealkylation sites (N-methyl/N-ethyl adjacent to an activating group) is 1. The molecular weight excluding hydrogens is 430 g/mol. The molecule has 0 aliphatic heterocycles. The molecule has 180 valence electrons. The second-order valence-corrected chi connectivity index (χ2v) is 8.92. The molecule has 1 atom stereocenters. The van der Waals surface area contributed by atoms with Gasteiger partial charge in [0.2, 0.25) is 0 Å². The molecule has 0 aromatic heterocycles. The van der Waals surface area contributed by atoms with Crippen molar-refractivity contribution in [2.24, 2.45) is 0 Å². The third kappa shape index (κ3) is 5.64. The topological polar surface area (TPSA) is 32.7 Å². The summed E-state index contributed by atoms with van der Waals surface area (Å²) < 4.78 is 5.98. The quantitative estimate of drug-likeness (QED) is 0.266. The summed E-state index contributed by atoms with van der Waals surface area (Å²) in [7, 11) is 0. The van der Waals surface area contributed by atoms with Crippen LogP contribution in [0.4, 0.5) is 0 Å². The predicted octanol–water partition coefficient (Wildman–Crippen LogP) is 6.67. The molecule has 3 nitrogen and oxygen atoms in total. The predicted molar refractivity (Wildman–Crippen MR) is 145 cm³/mol. The van der Waals surface area contributed by atoms with Gasteiger partial charge in [-0.05, 0) is 60.0 Å². The Balaban J connectivity index is 1.64. The van der Waals surface area contributed by atoms with Crippen LogP contribution in [0.2, 0.25) is 0 Å². The van der Waals surface area contributed by atoms with Crippen molar-refractivity contribution in [1.29, 1.82) is 0 Å². The lowest BCUT2D eigenvalue weighted by Crippen LogP contribution is -2.29. The van der Waals surface area contributed by atoms with Gasteiger partial charge in [0, 0.05) is 6.54 Å². The molecule has 0 spiro atoms. The van der Waals surface area contributed by atoms with Crippen LogP contribution in [0, 0.1) is 6.92 Å². The van der Waals surface area contributed by atoms with E-state index in [0.29, 0.717) is 6.61 Å². The zero-order valence-electron chi connectivity index (χ0n) is 20.9. The summed E-state index contributed by atoms with van der Waals surface area (Å²) in [5.74, 6) is 0.812. The number of nitrogens with zero attached hydrogens (tertiary/aromatic N) is 1. The Morgan fingerprint density at radius 1 is 0.657 bits per heavy atom. The molecule has 3 heteroatoms. The summed E-state index contributed by atoms with van der Waals surface area (Å²) in [6, 6.07) is 34.5. The van der Waals surface area contributed by atoms with E-state index in [-0.39, 0.29) is 0 Å². The van der Waals surface area contributed by atoms with Gasteiger partial charge in [0.15, 0.2) is 0 Å². The number of hydrogen-bond donors (Lipinski definition) is 1. The van der Waals surface area contributed by atoms with Gasteiger partial charge in [-0.1, -0.05) is 110 Å². The smallest absolute Gasteiger partial charge is 0.140 e. The van der Waals surface area contributed by atoms with Gasteiger partial charge in [-0.3, -0.25) is 0 Å². The van der Waals surface area contributed by atoms with Gasteiger partial charge in [0.1, 0.15) is 18.0 Å². The minimum absolute atomic E-state index is 0.643. The van der Waals surface area contributed by atoms with Crippen molar-refractivity contribution in [3.63, 3.8) is 0 Å². The Bertz CT molecular complexity index is 1180. The number of hydrogen-bond acceptors (Lipinski definition) is 3. The Morgan fingerprint density at radius 2 is 1.14 bits per heavy atom. The van der Waals surface area contributed by atoms with Crippen LogP contribution in [-0.4, -0.2) is 36.2 Å². The molecule has 0 fully saturated rings. The van der Waals surface area contributed by atoms with E-state index in [2.05, 4.69) is 49.9 Å². The first kappa shape index (κ1) is 24.7. The van der Waals surface area contributed by atoms with Gasteiger partial charge in [0.25, 0.3) is 0 Å². The van der Waals surface area contributed by atoms with E-state index in [4.69, 9.17) is 4.74 Å². The summed E-state index contributed by atoms with van der Waals surface area (Å²) in [5.41, 5.74) is 4.64. The van der Waals surface area contributed by atoms with Crippen LogP contribution in [0.25, 0.3) is 11.1 Å². The van der Waals surface area contributed by atoms with Gasteiger partial charge in [0.05, 0.1) is 0 Å². The van der Waals surface area contributed by atoms with E-state index in [1.54, 1.807) is 0 Å². The molecule has 4 aromatic carbocycles. The maximum absolute atomic E-state index is 12.2. The summed E-state index contributed by atoms with van der Waals surface area (Å²) in [6.45, 7) is 9.96. The standard InChI is InChI=1S/C32H35NO2/c1-4-33(5-2)23-24-35-31-21-19-30(20-22-31)32(34,28-15-11-25(3)12-16-28)29-17-13-27(14-18-29)26-9-7-6-8-10-26/h6-22,34H,4-5,23-24H2,1-3H3. The van der Waals surface area contributed by atoms with Gasteiger partial charge in [-0.2, -0.15) is 0 Å². The first-order chi connectivity index (χ1) is 17.0. The molecule has 1 unspecified atom stereocenters. The molecule has 0 aliphatic carbocycles. The molecule has 0 bridgehead atoms. The molecule has 4 rings (SSSR count). The number of aliphatic hydroxyl groups is 1. The SMILES string of the molecule is CCN(CC)CCOc1ccc(C(O)(c2ccc(C)cc2)c2ccc(-c3ccccc3)cc2)cc1. The summed E-state index contributed by atoms with van der Waals surface area (Å²) in [4.78, 5) is 2.34. The summed E-state index contributed by atoms with van der Waals surface area (Å²) in [5, 5.41) is 12.2. The maximum atomic E-state index is 12.2. The fraction of sp³-hybridized carbons (Fsp3) is 0.250. The van der Waals surface area contributed by atoms with E-state index in [0.717, 1.165) is 58.8 Å². The molecule has 0 saturated carbocycles. The van der Waals surface area contributed by atoms with Crippen LogP contribution in [0.3, 0.4) is 0 Å². The number of aryl methyl sites for hydroxylation is 1. The number of benzene rings is 4. The molecule has 1 N–H and O–H groups in total. The van der Waals surface area contributed by atoms with Crippen LogP contribution in [-0.2, 0) is 5.60 Å². The molecule has 35 heavy (non-hydrogen) atoms. The van der Waals surface area contributed by atoms with E-state index >= 15 is 0 Å². The van der Waals surface area contributed by atoms with Crippen LogP contribution in [0.1, 0.15) is 36.1 Å². The van der Waals surface area contributed by atoms with Crippen LogP contribution in [0.15, 0.2) is 103 Å². The lowest BCUT2D eigenvalue weighted by molar-refractivity contribution is 0.125. The van der Waals surface area contributed by atoms with E-state index in [1.807, 2.05) is 78.9 Å². The van der Waals surface area contributed by atoms with Crippen molar-refractivity contribution in [2.75, 3.05) is 26.2 Å². The zero-order chi connectivity index (χ0) is 24.7. The fourth-order valence-electron chi connectivity index (χ4n) is 4.45. The normalized spacial score (nSPS) is 12.9. The van der Waals surface area contributed by atoms with Gasteiger partial charge >= 0.3 is 0 Å². The average Bonchev–Trinajstić information content (AvgIpc) is 2.92. The van der Waals surface area contributed by atoms with Crippen LogP contribution in [0.5, 0.6) is 5.75 Å². The first-order valence-corrected chi connectivity index (χ1v) is 12.5. The van der Waals surface area contributed by atoms with E-state index in [9.17, 15) is 5.11 Å². The van der Waals surface area contributed by atoms with Crippen molar-refractivity contribution >= 4 is 0 Å². The molecule has 0 heterocycles. The monoisotopic (exact) mass is 465 g/mol. The third-order valence-electron chi connectivity index (χ3n) is 6.72. The summed E-state index contributed by atoms with van der Waals surface area (Å²) in [6.07, 6.45) is 0. The Labute approximate surface area is 209 Å². The van der Waals surface area contributed by atoms with Gasteiger partial charge < -0.3 is 14.7 Å². The highest BCUT2D eigenvalue weighted by Crippen LogP contribution is 2.38. The Kier molecular flexibility index (Phi) is 8.02. The Morgan fingerprint density at radius 3 is 1.69 bits per heavy atom. The first-order valence-electron chi connectivity index (χ1n) is 12.5. The van der Waals surface area contributed by atoms with E-state index in [1.165, 1.54) is 0 Å². The van der Waals surface area contributed by atoms with Crippen molar-refractivity contribution < 1.29 is 9.84 Å². The van der Waals surface area contributed by atoms with Crippen molar-refractivity contribution in [3.05, 3.63) is 125 Å². The largest absolute Gasteiger partial charge is 0.492 e. The third-order valence-corrected chi connectivity index (χ3v) is 6.72. The zero-order valence-corrected chi connectivity index (χ0v) is 20.9. The van der Waals surface area contributed by atoms with Crippen molar-refractivity contribution in [3.8, 4) is 16.9 Å². The van der Waals surface area contributed by atoms with Crippen LogP contribution < -0.4 is 4.74 Å². The Hall–Kier alpha value is -3.40. The average molecular weight is 466 g/mol. The van der Waals surface area contributed by atoms with Crippen molar-refractivity contribution in [2.45, 2.75) is 26.4 Å². The highest BCUT2D eigenvalue weighted by atomic mass is 16.5. The highest BCUT2D eigenvalue weighted by molar-refractivity contribution is 5.64. The second-order valence-electron chi connectivity index (χ2n) is 8.92. The maximum Gasteiger partial charge on any atom is 0.140 e. The summed E-state index contributed by atoms with van der Waals surface area (Å²) >= 11 is 0. The van der Waals surface area contributed by atoms with E-state index < -0.39 is 5.60 Å². The van der Waals surface area contributed by atoms with Gasteiger partial charge in [-0.25, -0.2) is 0 Å². The molecule has 4 aromatic rings. The van der Waals surface area contributed by atoms with Crippen molar-refractivity contribution in [1.82, 2.24) is 4.90 Å². The molecule has 0 radical (unpaired) electrons.